The number of carbonyl (C=O) groups is 2. The second-order valence-electron chi connectivity index (χ2n) is 6.42. The maximum Gasteiger partial charge on any atom is 0.186 e. The summed E-state index contributed by atoms with van der Waals surface area (Å²) in [5.41, 5.74) is 2.71. The van der Waals surface area contributed by atoms with Gasteiger partial charge in [-0.15, -0.1) is 0 Å². The SMILES string of the molecule is O=C1C=CC=C2C1=Cc1c(ccc(O)c1O)C2C(=O)C=Cc1ccccc1. The smallest absolute Gasteiger partial charge is 0.186 e. The van der Waals surface area contributed by atoms with Crippen molar-refractivity contribution in [2.24, 2.45) is 0 Å². The van der Waals surface area contributed by atoms with Crippen molar-refractivity contribution in [1.82, 2.24) is 0 Å². The van der Waals surface area contributed by atoms with E-state index in [2.05, 4.69) is 0 Å². The van der Waals surface area contributed by atoms with Crippen LogP contribution in [-0.4, -0.2) is 21.8 Å². The Bertz CT molecular complexity index is 1070. The fourth-order valence-corrected chi connectivity index (χ4v) is 3.44. The van der Waals surface area contributed by atoms with E-state index in [0.29, 0.717) is 22.3 Å². The van der Waals surface area contributed by atoms with Crippen LogP contribution in [0.4, 0.5) is 0 Å². The highest BCUT2D eigenvalue weighted by molar-refractivity contribution is 6.16. The van der Waals surface area contributed by atoms with E-state index in [9.17, 15) is 19.8 Å². The standard InChI is InChI=1S/C23H16O4/c24-19-8-4-7-15-17(19)13-18-16(10-12-21(26)23(18)27)22(15)20(25)11-9-14-5-2-1-3-6-14/h1-13,22,26-27H. The number of ketones is 2. The molecule has 0 saturated carbocycles. The van der Waals surface area contributed by atoms with Crippen molar-refractivity contribution in [2.45, 2.75) is 5.92 Å². The largest absolute Gasteiger partial charge is 0.504 e. The van der Waals surface area contributed by atoms with Crippen LogP contribution >= 0.6 is 0 Å². The van der Waals surface area contributed by atoms with Gasteiger partial charge in [0.1, 0.15) is 0 Å². The van der Waals surface area contributed by atoms with Gasteiger partial charge in [0.05, 0.1) is 5.92 Å². The summed E-state index contributed by atoms with van der Waals surface area (Å²) in [6.07, 6.45) is 9.54. The molecule has 4 nitrogen and oxygen atoms in total. The van der Waals surface area contributed by atoms with Crippen LogP contribution < -0.4 is 0 Å². The Hall–Kier alpha value is -3.66. The number of phenols is 2. The molecule has 2 N–H and O–H groups in total. The summed E-state index contributed by atoms with van der Waals surface area (Å²) in [4.78, 5) is 25.4. The molecule has 2 aliphatic carbocycles. The van der Waals surface area contributed by atoms with E-state index in [1.54, 1.807) is 24.3 Å². The van der Waals surface area contributed by atoms with Gasteiger partial charge in [0, 0.05) is 11.1 Å². The molecule has 0 aromatic heterocycles. The van der Waals surface area contributed by atoms with Gasteiger partial charge in [-0.2, -0.15) is 0 Å². The number of phenolic OH excluding ortho intramolecular Hbond substituents is 2. The van der Waals surface area contributed by atoms with E-state index >= 15 is 0 Å². The summed E-state index contributed by atoms with van der Waals surface area (Å²) in [7, 11) is 0. The van der Waals surface area contributed by atoms with Crippen molar-refractivity contribution in [2.75, 3.05) is 0 Å². The Labute approximate surface area is 156 Å². The molecule has 2 aromatic carbocycles. The quantitative estimate of drug-likeness (QED) is 0.646. The van der Waals surface area contributed by atoms with E-state index in [1.165, 1.54) is 24.3 Å². The molecule has 1 unspecified atom stereocenters. The van der Waals surface area contributed by atoms with Crippen LogP contribution in [0.2, 0.25) is 0 Å². The monoisotopic (exact) mass is 356 g/mol. The third-order valence-electron chi connectivity index (χ3n) is 4.76. The van der Waals surface area contributed by atoms with Gasteiger partial charge in [0.2, 0.25) is 0 Å². The molecule has 4 rings (SSSR count). The van der Waals surface area contributed by atoms with Gasteiger partial charge in [0.25, 0.3) is 0 Å². The van der Waals surface area contributed by atoms with E-state index in [1.807, 2.05) is 30.3 Å². The lowest BCUT2D eigenvalue weighted by atomic mass is 9.74. The number of fused-ring (bicyclic) bond motifs is 2. The lowest BCUT2D eigenvalue weighted by Gasteiger charge is -2.28. The Balaban J connectivity index is 1.82. The van der Waals surface area contributed by atoms with Crippen LogP contribution in [-0.2, 0) is 9.59 Å². The van der Waals surface area contributed by atoms with E-state index in [0.717, 1.165) is 5.56 Å². The minimum atomic E-state index is -0.722. The molecule has 1 atom stereocenters. The molecule has 0 bridgehead atoms. The molecule has 0 amide bonds. The first-order valence-electron chi connectivity index (χ1n) is 8.52. The summed E-state index contributed by atoms with van der Waals surface area (Å²) in [5, 5.41) is 20.1. The second kappa shape index (κ2) is 6.57. The molecule has 2 aromatic rings. The second-order valence-corrected chi connectivity index (χ2v) is 6.42. The fourth-order valence-electron chi connectivity index (χ4n) is 3.44. The molecular formula is C23H16O4. The average molecular weight is 356 g/mol. The van der Waals surface area contributed by atoms with Crippen LogP contribution in [0, 0.1) is 0 Å². The van der Waals surface area contributed by atoms with Crippen molar-refractivity contribution < 1.29 is 19.8 Å². The highest BCUT2D eigenvalue weighted by atomic mass is 16.3. The summed E-state index contributed by atoms with van der Waals surface area (Å²) >= 11 is 0. The predicted octanol–water partition coefficient (Wildman–Crippen LogP) is 3.93. The highest BCUT2D eigenvalue weighted by Crippen LogP contribution is 2.46. The lowest BCUT2D eigenvalue weighted by Crippen LogP contribution is -2.22. The van der Waals surface area contributed by atoms with E-state index in [-0.39, 0.29) is 23.1 Å². The van der Waals surface area contributed by atoms with Gasteiger partial charge < -0.3 is 10.2 Å². The van der Waals surface area contributed by atoms with Crippen LogP contribution in [0.1, 0.15) is 22.6 Å². The fraction of sp³-hybridized carbons (Fsp3) is 0.0435. The zero-order chi connectivity index (χ0) is 19.0. The van der Waals surface area contributed by atoms with Crippen molar-refractivity contribution in [3.05, 3.63) is 94.6 Å². The third kappa shape index (κ3) is 2.91. The zero-order valence-corrected chi connectivity index (χ0v) is 14.3. The molecule has 0 radical (unpaired) electrons. The maximum atomic E-state index is 13.1. The minimum Gasteiger partial charge on any atom is -0.504 e. The Morgan fingerprint density at radius 3 is 2.59 bits per heavy atom. The number of benzene rings is 2. The summed E-state index contributed by atoms with van der Waals surface area (Å²) in [6, 6.07) is 12.4. The van der Waals surface area contributed by atoms with Crippen LogP contribution in [0.25, 0.3) is 12.2 Å². The third-order valence-corrected chi connectivity index (χ3v) is 4.76. The summed E-state index contributed by atoms with van der Waals surface area (Å²) in [5.74, 6) is -1.77. The first kappa shape index (κ1) is 16.8. The van der Waals surface area contributed by atoms with Crippen LogP contribution in [0.3, 0.4) is 0 Å². The average Bonchev–Trinajstić information content (AvgIpc) is 2.69. The first-order valence-corrected chi connectivity index (χ1v) is 8.52. The van der Waals surface area contributed by atoms with Gasteiger partial charge >= 0.3 is 0 Å². The van der Waals surface area contributed by atoms with Crippen molar-refractivity contribution >= 4 is 23.7 Å². The highest BCUT2D eigenvalue weighted by Gasteiger charge is 2.35. The topological polar surface area (TPSA) is 74.6 Å². The molecule has 132 valence electrons. The molecule has 0 spiro atoms. The molecule has 4 heteroatoms. The number of hydrogen-bond acceptors (Lipinski definition) is 4. The summed E-state index contributed by atoms with van der Waals surface area (Å²) < 4.78 is 0. The number of hydrogen-bond donors (Lipinski definition) is 2. The van der Waals surface area contributed by atoms with Gasteiger partial charge in [0.15, 0.2) is 23.1 Å². The van der Waals surface area contributed by atoms with Crippen LogP contribution in [0.5, 0.6) is 11.5 Å². The Morgan fingerprint density at radius 1 is 1.04 bits per heavy atom. The van der Waals surface area contributed by atoms with Crippen molar-refractivity contribution in [3.8, 4) is 11.5 Å². The number of rotatable bonds is 3. The van der Waals surface area contributed by atoms with Crippen molar-refractivity contribution in [3.63, 3.8) is 0 Å². The van der Waals surface area contributed by atoms with Gasteiger partial charge in [-0.1, -0.05) is 54.6 Å². The minimum absolute atomic E-state index is 0.204. The van der Waals surface area contributed by atoms with E-state index < -0.39 is 5.92 Å². The Morgan fingerprint density at radius 2 is 1.81 bits per heavy atom. The molecule has 0 fully saturated rings. The number of carbonyl (C=O) groups excluding carboxylic acids is 2. The first-order chi connectivity index (χ1) is 13.1. The zero-order valence-electron chi connectivity index (χ0n) is 14.3. The Kier molecular flexibility index (Phi) is 4.09. The molecule has 0 aliphatic heterocycles. The maximum absolute atomic E-state index is 13.1. The lowest BCUT2D eigenvalue weighted by molar-refractivity contribution is -0.115. The molecule has 0 saturated heterocycles. The number of allylic oxidation sites excluding steroid dienone is 6. The summed E-state index contributed by atoms with van der Waals surface area (Å²) in [6.45, 7) is 0. The molecule has 2 aliphatic rings. The van der Waals surface area contributed by atoms with Gasteiger partial charge in [-0.25, -0.2) is 0 Å². The molecule has 0 heterocycles. The molecular weight excluding hydrogens is 340 g/mol. The van der Waals surface area contributed by atoms with Crippen molar-refractivity contribution in [1.29, 1.82) is 0 Å². The predicted molar refractivity (Wildman–Crippen MR) is 103 cm³/mol. The number of aromatic hydroxyl groups is 2. The normalized spacial score (nSPS) is 17.9. The van der Waals surface area contributed by atoms with E-state index in [4.69, 9.17) is 0 Å². The molecule has 27 heavy (non-hydrogen) atoms. The van der Waals surface area contributed by atoms with Crippen LogP contribution in [0.15, 0.2) is 77.9 Å². The van der Waals surface area contributed by atoms with Gasteiger partial charge in [-0.05, 0) is 41.0 Å². The van der Waals surface area contributed by atoms with Gasteiger partial charge in [-0.3, -0.25) is 9.59 Å².